The van der Waals surface area contributed by atoms with Gasteiger partial charge in [-0.1, -0.05) is 0 Å². The highest BCUT2D eigenvalue weighted by molar-refractivity contribution is 5.89. The smallest absolute Gasteiger partial charge is 0.183 e. The predicted molar refractivity (Wildman–Crippen MR) is 39.5 cm³/mol. The van der Waals surface area contributed by atoms with E-state index in [0.29, 0.717) is 0 Å². The molecule has 0 radical (unpaired) electrons. The summed E-state index contributed by atoms with van der Waals surface area (Å²) in [6.45, 7) is 4.45. The zero-order valence-electron chi connectivity index (χ0n) is 6.08. The fourth-order valence-corrected chi connectivity index (χ4v) is 0.399. The number of hydrogen-bond acceptors (Lipinski definition) is 3. The molecule has 4 nitrogen and oxygen atoms in total. The van der Waals surface area contributed by atoms with Crippen molar-refractivity contribution in [3.05, 3.63) is 0 Å². The third-order valence-corrected chi connectivity index (χ3v) is 0.778. The lowest BCUT2D eigenvalue weighted by atomic mass is 10.4. The summed E-state index contributed by atoms with van der Waals surface area (Å²) in [6, 6.07) is 0. The Hall–Kier alpha value is -0.970. The Morgan fingerprint density at radius 1 is 1.80 bits per heavy atom. The van der Waals surface area contributed by atoms with Crippen molar-refractivity contribution in [2.75, 3.05) is 7.05 Å². The van der Waals surface area contributed by atoms with Crippen molar-refractivity contribution >= 4 is 12.6 Å². The first-order valence-electron chi connectivity index (χ1n) is 2.75. The van der Waals surface area contributed by atoms with E-state index in [2.05, 4.69) is 16.8 Å². The van der Waals surface area contributed by atoms with Crippen molar-refractivity contribution in [1.29, 1.82) is 0 Å². The third kappa shape index (κ3) is 3.13. The molecule has 0 aromatic carbocycles. The maximum absolute atomic E-state index is 12.4. The van der Waals surface area contributed by atoms with Crippen LogP contribution in [-0.2, 0) is 0 Å². The van der Waals surface area contributed by atoms with Crippen LogP contribution in [0.25, 0.3) is 0 Å². The van der Waals surface area contributed by atoms with E-state index >= 15 is 0 Å². The number of nitrogens with two attached hydrogens (primary N) is 1. The van der Waals surface area contributed by atoms with Crippen molar-refractivity contribution in [1.82, 2.24) is 5.12 Å². The topological polar surface area (TPSA) is 54.0 Å². The highest BCUT2D eigenvalue weighted by atomic mass is 19.1. The van der Waals surface area contributed by atoms with Gasteiger partial charge in [0.1, 0.15) is 0 Å². The standard InChI is InChI=1S/C5H11FN4/c1-4(6)5(8-2)9-10(3)7/h4H,2,7H2,1,3H3/b9-5-. The van der Waals surface area contributed by atoms with Gasteiger partial charge in [0.15, 0.2) is 12.0 Å². The minimum absolute atomic E-state index is 0.00926. The highest BCUT2D eigenvalue weighted by Crippen LogP contribution is 1.94. The molecule has 1 unspecified atom stereocenters. The molecular formula is C5H11FN4. The molecule has 2 N–H and O–H groups in total. The number of nitrogens with zero attached hydrogens (tertiary/aromatic N) is 3. The van der Waals surface area contributed by atoms with Gasteiger partial charge in [0.05, 0.1) is 0 Å². The van der Waals surface area contributed by atoms with Gasteiger partial charge in [0, 0.05) is 7.05 Å². The van der Waals surface area contributed by atoms with E-state index in [1.807, 2.05) is 0 Å². The maximum atomic E-state index is 12.4. The Morgan fingerprint density at radius 3 is 2.40 bits per heavy atom. The normalized spacial score (nSPS) is 14.6. The van der Waals surface area contributed by atoms with E-state index in [4.69, 9.17) is 5.84 Å². The number of hydrazine groups is 1. The molecule has 0 aliphatic rings. The molecule has 0 amide bonds. The van der Waals surface area contributed by atoms with Crippen LogP contribution in [0.15, 0.2) is 10.1 Å². The molecule has 0 bridgehead atoms. The average molecular weight is 146 g/mol. The second kappa shape index (κ2) is 3.94. The van der Waals surface area contributed by atoms with Gasteiger partial charge in [-0.05, 0) is 13.6 Å². The van der Waals surface area contributed by atoms with Crippen LogP contribution in [0.3, 0.4) is 0 Å². The van der Waals surface area contributed by atoms with Crippen LogP contribution in [-0.4, -0.2) is 30.9 Å². The van der Waals surface area contributed by atoms with Gasteiger partial charge in [-0.25, -0.2) is 20.3 Å². The van der Waals surface area contributed by atoms with Gasteiger partial charge < -0.3 is 0 Å². The summed E-state index contributed by atoms with van der Waals surface area (Å²) in [7, 11) is 1.48. The van der Waals surface area contributed by atoms with Crippen LogP contribution >= 0.6 is 0 Å². The van der Waals surface area contributed by atoms with E-state index in [1.165, 1.54) is 14.0 Å². The van der Waals surface area contributed by atoms with Crippen molar-refractivity contribution in [2.45, 2.75) is 13.1 Å². The lowest BCUT2D eigenvalue weighted by Crippen LogP contribution is -2.23. The molecule has 58 valence electrons. The Labute approximate surface area is 59.2 Å². The Balaban J connectivity index is 4.18. The Bertz CT molecular complexity index is 141. The number of hydrogen-bond donors (Lipinski definition) is 1. The highest BCUT2D eigenvalue weighted by Gasteiger charge is 2.05. The molecule has 0 spiro atoms. The monoisotopic (exact) mass is 146 g/mol. The molecule has 0 aromatic heterocycles. The zero-order valence-corrected chi connectivity index (χ0v) is 6.08. The largest absolute Gasteiger partial charge is 0.245 e. The van der Waals surface area contributed by atoms with Crippen LogP contribution < -0.4 is 5.84 Å². The van der Waals surface area contributed by atoms with Crippen LogP contribution in [0.5, 0.6) is 0 Å². The second-order valence-electron chi connectivity index (χ2n) is 1.81. The van der Waals surface area contributed by atoms with Gasteiger partial charge in [-0.15, -0.1) is 5.10 Å². The number of halogens is 1. The lowest BCUT2D eigenvalue weighted by Gasteiger charge is -2.06. The molecule has 10 heavy (non-hydrogen) atoms. The van der Waals surface area contributed by atoms with Crippen LogP contribution in [0.1, 0.15) is 6.92 Å². The molecule has 0 aliphatic carbocycles. The minimum atomic E-state index is -1.23. The number of aliphatic imine (C=N–C) groups is 1. The van der Waals surface area contributed by atoms with Crippen molar-refractivity contribution < 1.29 is 4.39 Å². The van der Waals surface area contributed by atoms with Crippen molar-refractivity contribution in [2.24, 2.45) is 15.9 Å². The molecule has 0 aliphatic heterocycles. The Morgan fingerprint density at radius 2 is 2.30 bits per heavy atom. The Kier molecular flexibility index (Phi) is 3.56. The van der Waals surface area contributed by atoms with Crippen LogP contribution in [0, 0.1) is 0 Å². The predicted octanol–water partition coefficient (Wildman–Crippen LogP) is 0.164. The molecule has 0 saturated heterocycles. The summed E-state index contributed by atoms with van der Waals surface area (Å²) in [5.74, 6) is 5.09. The van der Waals surface area contributed by atoms with Crippen LogP contribution in [0.2, 0.25) is 0 Å². The number of rotatable bonds is 2. The number of amidine groups is 1. The van der Waals surface area contributed by atoms with Crippen molar-refractivity contribution in [3.8, 4) is 0 Å². The van der Waals surface area contributed by atoms with E-state index in [-0.39, 0.29) is 5.84 Å². The second-order valence-corrected chi connectivity index (χ2v) is 1.81. The van der Waals surface area contributed by atoms with E-state index in [1.54, 1.807) is 0 Å². The first kappa shape index (κ1) is 9.03. The van der Waals surface area contributed by atoms with E-state index in [0.717, 1.165) is 5.12 Å². The fraction of sp³-hybridized carbons (Fsp3) is 0.600. The molecular weight excluding hydrogens is 135 g/mol. The summed E-state index contributed by atoms with van der Waals surface area (Å²) >= 11 is 0. The lowest BCUT2D eigenvalue weighted by molar-refractivity contribution is 0.359. The average Bonchev–Trinajstić information content (AvgIpc) is 1.81. The summed E-state index contributed by atoms with van der Waals surface area (Å²) in [6.07, 6.45) is -1.23. The fourth-order valence-electron chi connectivity index (χ4n) is 0.399. The SMILES string of the molecule is C=N/C(=N\N(C)N)C(C)F. The van der Waals surface area contributed by atoms with E-state index < -0.39 is 6.17 Å². The maximum Gasteiger partial charge on any atom is 0.183 e. The first-order chi connectivity index (χ1) is 4.57. The van der Waals surface area contributed by atoms with Crippen LogP contribution in [0.4, 0.5) is 4.39 Å². The van der Waals surface area contributed by atoms with Gasteiger partial charge in [-0.2, -0.15) is 0 Å². The summed E-state index contributed by atoms with van der Waals surface area (Å²) < 4.78 is 12.4. The molecule has 1 atom stereocenters. The third-order valence-electron chi connectivity index (χ3n) is 0.778. The molecule has 5 heteroatoms. The first-order valence-corrected chi connectivity index (χ1v) is 2.75. The molecule has 0 fully saturated rings. The van der Waals surface area contributed by atoms with Crippen molar-refractivity contribution in [3.63, 3.8) is 0 Å². The van der Waals surface area contributed by atoms with E-state index in [9.17, 15) is 4.39 Å². The number of hydrazone groups is 1. The number of alkyl halides is 1. The zero-order chi connectivity index (χ0) is 8.15. The summed E-state index contributed by atoms with van der Waals surface area (Å²) in [5.41, 5.74) is 0. The summed E-state index contributed by atoms with van der Waals surface area (Å²) in [4.78, 5) is 3.33. The van der Waals surface area contributed by atoms with Gasteiger partial charge in [0.2, 0.25) is 0 Å². The van der Waals surface area contributed by atoms with Gasteiger partial charge >= 0.3 is 0 Å². The van der Waals surface area contributed by atoms with Gasteiger partial charge in [-0.3, -0.25) is 0 Å². The minimum Gasteiger partial charge on any atom is -0.245 e. The quantitative estimate of drug-likeness (QED) is 0.261. The molecule has 0 rings (SSSR count). The molecule has 0 heterocycles. The summed E-state index contributed by atoms with van der Waals surface area (Å²) in [5, 5.41) is 4.50. The molecule has 0 aromatic rings. The van der Waals surface area contributed by atoms with Gasteiger partial charge in [0.25, 0.3) is 0 Å². The molecule has 0 saturated carbocycles.